The van der Waals surface area contributed by atoms with Crippen molar-refractivity contribution >= 4 is 11.9 Å². The predicted octanol–water partition coefficient (Wildman–Crippen LogP) is 3.10. The molecule has 3 aliphatic heterocycles. The molecule has 0 amide bonds. The summed E-state index contributed by atoms with van der Waals surface area (Å²) < 4.78 is 27.7. The van der Waals surface area contributed by atoms with Gasteiger partial charge >= 0.3 is 11.9 Å². The second-order valence-electron chi connectivity index (χ2n) is 8.00. The number of nitrogens with zero attached hydrogens (tertiary/aromatic N) is 1. The molecule has 8 heteroatoms. The highest BCUT2D eigenvalue weighted by molar-refractivity contribution is 5.77. The molecule has 2 aromatic carbocycles. The van der Waals surface area contributed by atoms with Crippen molar-refractivity contribution in [3.05, 3.63) is 40.5 Å². The summed E-state index contributed by atoms with van der Waals surface area (Å²) in [6.45, 7) is 2.86. The van der Waals surface area contributed by atoms with Crippen LogP contribution < -0.4 is 23.7 Å². The summed E-state index contributed by atoms with van der Waals surface area (Å²) in [7, 11) is 3.59. The van der Waals surface area contributed by atoms with Gasteiger partial charge < -0.3 is 23.7 Å². The molecular weight excluding hydrogens is 402 g/mol. The van der Waals surface area contributed by atoms with Gasteiger partial charge in [0.15, 0.2) is 23.0 Å². The molecule has 2 atom stereocenters. The second kappa shape index (κ2) is 7.16. The van der Waals surface area contributed by atoms with Crippen LogP contribution in [0.4, 0.5) is 0 Å². The first-order valence-corrected chi connectivity index (χ1v) is 10.1. The number of carbonyl (C=O) groups is 2. The minimum Gasteiger partial charge on any atom is -0.493 e. The highest BCUT2D eigenvalue weighted by atomic mass is 16.7. The normalized spacial score (nSPS) is 20.5. The zero-order chi connectivity index (χ0) is 21.9. The van der Waals surface area contributed by atoms with Gasteiger partial charge in [0, 0.05) is 31.5 Å². The van der Waals surface area contributed by atoms with E-state index in [1.54, 1.807) is 0 Å². The number of methoxy groups -OCH3 is 1. The highest BCUT2D eigenvalue weighted by Crippen LogP contribution is 2.54. The molecule has 2 aromatic rings. The minimum absolute atomic E-state index is 0.0382. The van der Waals surface area contributed by atoms with Gasteiger partial charge in [-0.05, 0) is 54.8 Å². The SMILES string of the molecule is COc1cc2c(c(OC(C)=O)c1OC(C)=O)C[C@H]1c3cc4c(cc3C[C@@H]2N1C)OCO4. The Morgan fingerprint density at radius 3 is 2.26 bits per heavy atom. The Hall–Kier alpha value is -3.26. The van der Waals surface area contributed by atoms with Crippen LogP contribution in [-0.4, -0.2) is 37.8 Å². The average Bonchev–Trinajstić information content (AvgIpc) is 3.16. The quantitative estimate of drug-likeness (QED) is 0.548. The molecule has 0 aliphatic carbocycles. The third-order valence-electron chi connectivity index (χ3n) is 6.20. The van der Waals surface area contributed by atoms with Crippen molar-refractivity contribution in [1.29, 1.82) is 0 Å². The van der Waals surface area contributed by atoms with Crippen LogP contribution in [0.15, 0.2) is 18.2 Å². The number of likely N-dealkylation sites (N-methyl/N-ethyl adjacent to an activating group) is 1. The Morgan fingerprint density at radius 1 is 0.935 bits per heavy atom. The number of benzene rings is 2. The molecule has 0 saturated carbocycles. The lowest BCUT2D eigenvalue weighted by Gasteiger charge is -2.46. The van der Waals surface area contributed by atoms with Crippen LogP contribution in [0.2, 0.25) is 0 Å². The lowest BCUT2D eigenvalue weighted by Crippen LogP contribution is -2.40. The topological polar surface area (TPSA) is 83.5 Å². The fourth-order valence-corrected chi connectivity index (χ4v) is 4.88. The summed E-state index contributed by atoms with van der Waals surface area (Å²) in [6, 6.07) is 6.07. The fourth-order valence-electron chi connectivity index (χ4n) is 4.88. The van der Waals surface area contributed by atoms with Gasteiger partial charge in [-0.3, -0.25) is 14.5 Å². The van der Waals surface area contributed by atoms with Crippen LogP contribution in [0, 0.1) is 0 Å². The van der Waals surface area contributed by atoms with E-state index in [-0.39, 0.29) is 30.4 Å². The van der Waals surface area contributed by atoms with E-state index in [0.29, 0.717) is 12.2 Å². The van der Waals surface area contributed by atoms with Gasteiger partial charge in [0.05, 0.1) is 7.11 Å². The summed E-state index contributed by atoms with van der Waals surface area (Å²) in [5.74, 6) is 1.25. The number of rotatable bonds is 3. The van der Waals surface area contributed by atoms with E-state index >= 15 is 0 Å². The van der Waals surface area contributed by atoms with Crippen molar-refractivity contribution in [3.63, 3.8) is 0 Å². The van der Waals surface area contributed by atoms with E-state index in [4.69, 9.17) is 23.7 Å². The van der Waals surface area contributed by atoms with Gasteiger partial charge in [-0.2, -0.15) is 0 Å². The Labute approximate surface area is 179 Å². The molecule has 31 heavy (non-hydrogen) atoms. The molecule has 3 heterocycles. The minimum atomic E-state index is -0.516. The van der Waals surface area contributed by atoms with Crippen molar-refractivity contribution in [2.75, 3.05) is 21.0 Å². The third-order valence-corrected chi connectivity index (χ3v) is 6.20. The van der Waals surface area contributed by atoms with E-state index in [2.05, 4.69) is 18.0 Å². The van der Waals surface area contributed by atoms with Crippen molar-refractivity contribution in [2.24, 2.45) is 0 Å². The molecule has 0 fully saturated rings. The van der Waals surface area contributed by atoms with E-state index in [9.17, 15) is 9.59 Å². The summed E-state index contributed by atoms with van der Waals surface area (Å²) in [5.41, 5.74) is 4.21. The van der Waals surface area contributed by atoms with Gasteiger partial charge in [-0.25, -0.2) is 0 Å². The molecule has 2 bridgehead atoms. The van der Waals surface area contributed by atoms with Crippen LogP contribution in [0.5, 0.6) is 28.7 Å². The van der Waals surface area contributed by atoms with Gasteiger partial charge in [0.1, 0.15) is 0 Å². The number of ether oxygens (including phenoxy) is 5. The first-order chi connectivity index (χ1) is 14.9. The number of esters is 2. The second-order valence-corrected chi connectivity index (χ2v) is 8.00. The number of carbonyl (C=O) groups excluding carboxylic acids is 2. The first-order valence-electron chi connectivity index (χ1n) is 10.1. The molecule has 8 nitrogen and oxygen atoms in total. The first kappa shape index (κ1) is 19.7. The molecular formula is C23H23NO7. The number of hydrogen-bond acceptors (Lipinski definition) is 8. The maximum atomic E-state index is 11.9. The van der Waals surface area contributed by atoms with Gasteiger partial charge in [0.25, 0.3) is 0 Å². The summed E-state index contributed by atoms with van der Waals surface area (Å²) in [6.07, 6.45) is 1.33. The van der Waals surface area contributed by atoms with Gasteiger partial charge in [-0.1, -0.05) is 0 Å². The third kappa shape index (κ3) is 3.09. The van der Waals surface area contributed by atoms with Crippen molar-refractivity contribution in [1.82, 2.24) is 4.90 Å². The van der Waals surface area contributed by atoms with Crippen molar-refractivity contribution < 1.29 is 33.3 Å². The smallest absolute Gasteiger partial charge is 0.308 e. The Balaban J connectivity index is 1.68. The van der Waals surface area contributed by atoms with Crippen LogP contribution in [-0.2, 0) is 22.4 Å². The van der Waals surface area contributed by atoms with Crippen LogP contribution in [0.1, 0.15) is 48.2 Å². The Bertz CT molecular complexity index is 1110. The summed E-state index contributed by atoms with van der Waals surface area (Å²) >= 11 is 0. The maximum Gasteiger partial charge on any atom is 0.308 e. The summed E-state index contributed by atoms with van der Waals surface area (Å²) in [4.78, 5) is 26.0. The molecule has 0 aromatic heterocycles. The average molecular weight is 425 g/mol. The lowest BCUT2D eigenvalue weighted by molar-refractivity contribution is -0.134. The van der Waals surface area contributed by atoms with Crippen LogP contribution >= 0.6 is 0 Å². The molecule has 0 saturated heterocycles. The lowest BCUT2D eigenvalue weighted by atomic mass is 9.76. The Morgan fingerprint density at radius 2 is 1.58 bits per heavy atom. The highest BCUT2D eigenvalue weighted by Gasteiger charge is 2.42. The van der Waals surface area contributed by atoms with Crippen molar-refractivity contribution in [3.8, 4) is 28.7 Å². The zero-order valence-electron chi connectivity index (χ0n) is 17.8. The molecule has 0 unspecified atom stereocenters. The van der Waals surface area contributed by atoms with E-state index in [0.717, 1.165) is 34.6 Å². The Kier molecular flexibility index (Phi) is 4.55. The van der Waals surface area contributed by atoms with Crippen LogP contribution in [0.3, 0.4) is 0 Å². The molecule has 0 spiro atoms. The van der Waals surface area contributed by atoms with E-state index in [1.807, 2.05) is 12.1 Å². The zero-order valence-corrected chi connectivity index (χ0v) is 17.8. The van der Waals surface area contributed by atoms with E-state index < -0.39 is 11.9 Å². The van der Waals surface area contributed by atoms with Crippen molar-refractivity contribution in [2.45, 2.75) is 38.8 Å². The molecule has 3 aliphatic rings. The maximum absolute atomic E-state index is 11.9. The van der Waals surface area contributed by atoms with Gasteiger partial charge in [-0.15, -0.1) is 0 Å². The monoisotopic (exact) mass is 425 g/mol. The fraction of sp³-hybridized carbons (Fsp3) is 0.391. The molecule has 0 N–H and O–H groups in total. The molecule has 5 rings (SSSR count). The predicted molar refractivity (Wildman–Crippen MR) is 109 cm³/mol. The number of hydrogen-bond donors (Lipinski definition) is 0. The number of fused-ring (bicyclic) bond motifs is 7. The standard InChI is InChI=1S/C23H23NO7/c1-11(25)30-22-16-7-18-14-8-20-19(28-10-29-20)6-13(14)5-17(24(18)3)15(16)9-21(27-4)23(22)31-12(2)26/h6,8-9,17-18H,5,7,10H2,1-4H3/t17-,18-/m0/s1. The molecule has 0 radical (unpaired) electrons. The van der Waals surface area contributed by atoms with Crippen LogP contribution in [0.25, 0.3) is 0 Å². The van der Waals surface area contributed by atoms with Gasteiger partial charge in [0.2, 0.25) is 12.5 Å². The molecule has 162 valence electrons. The summed E-state index contributed by atoms with van der Waals surface area (Å²) in [5, 5.41) is 0. The van der Waals surface area contributed by atoms with E-state index in [1.165, 1.54) is 26.5 Å². The largest absolute Gasteiger partial charge is 0.493 e.